The van der Waals surface area contributed by atoms with Crippen LogP contribution >= 0.6 is 23.2 Å². The molecule has 2 N–H and O–H groups in total. The van der Waals surface area contributed by atoms with Crippen LogP contribution in [0.2, 0.25) is 10.0 Å². The van der Waals surface area contributed by atoms with E-state index < -0.39 is 17.5 Å². The highest BCUT2D eigenvalue weighted by molar-refractivity contribution is 6.31. The fourth-order valence-corrected chi connectivity index (χ4v) is 4.60. The lowest BCUT2D eigenvalue weighted by molar-refractivity contribution is 0.0975. The van der Waals surface area contributed by atoms with Gasteiger partial charge in [-0.1, -0.05) is 35.3 Å². The largest absolute Gasteiger partial charge is 0.432 e. The smallest absolute Gasteiger partial charge is 0.304 e. The number of carbonyl (C=O) groups is 1. The lowest BCUT2D eigenvalue weighted by atomic mass is 10.0. The van der Waals surface area contributed by atoms with Gasteiger partial charge in [0.2, 0.25) is 5.56 Å². The monoisotopic (exact) mass is 596 g/mol. The van der Waals surface area contributed by atoms with E-state index in [4.69, 9.17) is 33.4 Å². The van der Waals surface area contributed by atoms with Gasteiger partial charge in [0.1, 0.15) is 17.9 Å². The van der Waals surface area contributed by atoms with Crippen molar-refractivity contribution in [2.24, 2.45) is 7.05 Å². The lowest BCUT2D eigenvalue weighted by Gasteiger charge is -2.21. The number of carbonyl (C=O) groups excluding carboxylic acids is 1. The lowest BCUT2D eigenvalue weighted by Crippen LogP contribution is -2.33. The van der Waals surface area contributed by atoms with Crippen LogP contribution in [0.1, 0.15) is 27.3 Å². The second-order valence-electron chi connectivity index (χ2n) is 8.90. The molecule has 0 aliphatic rings. The molecule has 3 heterocycles. The van der Waals surface area contributed by atoms with Crippen LogP contribution in [0, 0.1) is 11.6 Å². The van der Waals surface area contributed by atoms with Crippen LogP contribution < -0.4 is 16.2 Å². The van der Waals surface area contributed by atoms with E-state index in [0.29, 0.717) is 5.56 Å². The number of oxazole rings is 1. The highest BCUT2D eigenvalue weighted by atomic mass is 35.5. The molecule has 0 unspecified atom stereocenters. The van der Waals surface area contributed by atoms with Gasteiger partial charge in [-0.25, -0.2) is 23.7 Å². The molecule has 208 valence electrons. The molecule has 0 saturated heterocycles. The average Bonchev–Trinajstić information content (AvgIpc) is 3.47. The maximum absolute atomic E-state index is 14.7. The molecule has 0 aliphatic carbocycles. The van der Waals surface area contributed by atoms with Gasteiger partial charge >= 0.3 is 6.01 Å². The van der Waals surface area contributed by atoms with Crippen molar-refractivity contribution in [1.82, 2.24) is 19.5 Å². The van der Waals surface area contributed by atoms with Crippen LogP contribution in [0.25, 0.3) is 11.3 Å². The predicted molar refractivity (Wildman–Crippen MR) is 150 cm³/mol. The van der Waals surface area contributed by atoms with E-state index in [1.54, 1.807) is 7.05 Å². The van der Waals surface area contributed by atoms with E-state index in [0.717, 1.165) is 4.90 Å². The van der Waals surface area contributed by atoms with Crippen molar-refractivity contribution in [1.29, 1.82) is 0 Å². The van der Waals surface area contributed by atoms with Gasteiger partial charge in [-0.2, -0.15) is 0 Å². The zero-order chi connectivity index (χ0) is 29.3. The summed E-state index contributed by atoms with van der Waals surface area (Å²) in [7, 11) is 1.54. The first-order valence-corrected chi connectivity index (χ1v) is 12.8. The number of nitrogens with two attached hydrogens (primary N) is 1. The van der Waals surface area contributed by atoms with E-state index in [1.165, 1.54) is 71.8 Å². The van der Waals surface area contributed by atoms with Crippen LogP contribution in [0.4, 0.5) is 20.6 Å². The van der Waals surface area contributed by atoms with Gasteiger partial charge in [0.25, 0.3) is 5.91 Å². The Morgan fingerprint density at radius 1 is 1.02 bits per heavy atom. The minimum atomic E-state index is -0.821. The van der Waals surface area contributed by atoms with Gasteiger partial charge in [0.05, 0.1) is 24.1 Å². The number of benzene rings is 2. The van der Waals surface area contributed by atoms with Crippen LogP contribution in [-0.4, -0.2) is 25.4 Å². The van der Waals surface area contributed by atoms with E-state index in [1.807, 2.05) is 0 Å². The quantitative estimate of drug-likeness (QED) is 0.266. The number of anilines is 2. The number of amides is 1. The minimum Gasteiger partial charge on any atom is -0.432 e. The number of halogens is 4. The summed E-state index contributed by atoms with van der Waals surface area (Å²) in [6, 6.07) is 11.0. The highest BCUT2D eigenvalue weighted by Crippen LogP contribution is 2.30. The van der Waals surface area contributed by atoms with Crippen molar-refractivity contribution < 1.29 is 18.0 Å². The number of aromatic nitrogens is 4. The zero-order valence-corrected chi connectivity index (χ0v) is 22.8. The third kappa shape index (κ3) is 5.67. The van der Waals surface area contributed by atoms with E-state index in [9.17, 15) is 18.4 Å². The standard InChI is InChI=1S/C28H20Cl2F2N6O3/c1-37-13-15(8-9-23(37)39)24-22(12-16-18(29)4-2-6-20(16)31)35-26(33)25(36-24)27(40)38(28-34-10-11-41-28)14-17-19(30)5-3-7-21(17)32/h2-11,13H,12,14H2,1H3,(H2,33,35). The van der Waals surface area contributed by atoms with Gasteiger partial charge in [0.15, 0.2) is 11.5 Å². The van der Waals surface area contributed by atoms with Gasteiger partial charge in [-0.15, -0.1) is 0 Å². The maximum atomic E-state index is 14.7. The Hall–Kier alpha value is -4.61. The molecule has 1 amide bonds. The molecule has 0 aliphatic heterocycles. The number of nitrogen functional groups attached to an aromatic ring is 1. The van der Waals surface area contributed by atoms with Crippen molar-refractivity contribution >= 4 is 40.9 Å². The fourth-order valence-electron chi connectivity index (χ4n) is 4.14. The zero-order valence-electron chi connectivity index (χ0n) is 21.3. The normalized spacial score (nSPS) is 11.0. The predicted octanol–water partition coefficient (Wildman–Crippen LogP) is 5.44. The molecule has 3 aromatic heterocycles. The first-order valence-electron chi connectivity index (χ1n) is 12.0. The molecule has 0 radical (unpaired) electrons. The van der Waals surface area contributed by atoms with Crippen LogP contribution in [0.5, 0.6) is 0 Å². The Morgan fingerprint density at radius 2 is 1.71 bits per heavy atom. The summed E-state index contributed by atoms with van der Waals surface area (Å²) in [5, 5.41) is 0.241. The highest BCUT2D eigenvalue weighted by Gasteiger charge is 2.29. The number of hydrogen-bond acceptors (Lipinski definition) is 7. The summed E-state index contributed by atoms with van der Waals surface area (Å²) in [5.41, 5.74) is 6.54. The minimum absolute atomic E-state index is 0.0105. The van der Waals surface area contributed by atoms with Crippen molar-refractivity contribution in [3.63, 3.8) is 0 Å². The molecule has 5 rings (SSSR count). The van der Waals surface area contributed by atoms with Crippen LogP contribution in [0.3, 0.4) is 0 Å². The number of pyridine rings is 1. The fraction of sp³-hybridized carbons (Fsp3) is 0.107. The third-order valence-corrected chi connectivity index (χ3v) is 6.94. The number of aryl methyl sites for hydroxylation is 1. The average molecular weight is 597 g/mol. The number of hydrogen-bond donors (Lipinski definition) is 1. The SMILES string of the molecule is Cn1cc(-c2nc(C(=O)N(Cc3c(F)cccc3Cl)c3ncco3)c(N)nc2Cc2c(F)cccc2Cl)ccc1=O. The molecule has 0 saturated carbocycles. The van der Waals surface area contributed by atoms with Gasteiger partial charge in [-0.05, 0) is 30.3 Å². The Morgan fingerprint density at radius 3 is 2.32 bits per heavy atom. The molecule has 13 heteroatoms. The molecule has 0 bridgehead atoms. The summed E-state index contributed by atoms with van der Waals surface area (Å²) < 4.78 is 36.0. The molecule has 41 heavy (non-hydrogen) atoms. The summed E-state index contributed by atoms with van der Waals surface area (Å²) in [4.78, 5) is 40.0. The van der Waals surface area contributed by atoms with Crippen LogP contribution in [0.15, 0.2) is 76.4 Å². The number of rotatable bonds is 7. The van der Waals surface area contributed by atoms with Crippen molar-refractivity contribution in [2.75, 3.05) is 10.6 Å². The first-order chi connectivity index (χ1) is 19.6. The summed E-state index contributed by atoms with van der Waals surface area (Å²) in [6.07, 6.45) is 3.92. The summed E-state index contributed by atoms with van der Waals surface area (Å²) in [6.45, 7) is -0.367. The van der Waals surface area contributed by atoms with Crippen molar-refractivity contribution in [3.8, 4) is 11.3 Å². The Bertz CT molecular complexity index is 1790. The maximum Gasteiger partial charge on any atom is 0.304 e. The molecule has 9 nitrogen and oxygen atoms in total. The van der Waals surface area contributed by atoms with Gasteiger partial charge in [-0.3, -0.25) is 14.5 Å². The Labute approximate surface area is 241 Å². The van der Waals surface area contributed by atoms with Crippen molar-refractivity contribution in [2.45, 2.75) is 13.0 Å². The summed E-state index contributed by atoms with van der Waals surface area (Å²) in [5.74, 6) is -2.33. The van der Waals surface area contributed by atoms with Gasteiger partial charge in [0, 0.05) is 52.5 Å². The molecule has 2 aromatic carbocycles. The molecule has 0 spiro atoms. The molecule has 5 aromatic rings. The first kappa shape index (κ1) is 27.9. The molecule has 0 fully saturated rings. The number of nitrogens with zero attached hydrogens (tertiary/aromatic N) is 5. The van der Waals surface area contributed by atoms with Crippen molar-refractivity contribution in [3.05, 3.63) is 122 Å². The Balaban J connectivity index is 1.66. The van der Waals surface area contributed by atoms with E-state index >= 15 is 0 Å². The van der Waals surface area contributed by atoms with Gasteiger partial charge < -0.3 is 14.7 Å². The second-order valence-corrected chi connectivity index (χ2v) is 9.72. The van der Waals surface area contributed by atoms with E-state index in [-0.39, 0.29) is 68.6 Å². The van der Waals surface area contributed by atoms with Crippen LogP contribution in [-0.2, 0) is 20.0 Å². The second kappa shape index (κ2) is 11.5. The topological polar surface area (TPSA) is 120 Å². The molecular formula is C28H20Cl2F2N6O3. The van der Waals surface area contributed by atoms with E-state index in [2.05, 4.69) is 15.0 Å². The summed E-state index contributed by atoms with van der Waals surface area (Å²) >= 11 is 12.5. The molecule has 0 atom stereocenters. The Kier molecular flexibility index (Phi) is 7.82. The third-order valence-electron chi connectivity index (χ3n) is 6.24. The molecular weight excluding hydrogens is 577 g/mol.